The van der Waals surface area contributed by atoms with E-state index in [0.717, 1.165) is 5.56 Å². The molecule has 7 heteroatoms. The van der Waals surface area contributed by atoms with Crippen molar-refractivity contribution in [3.05, 3.63) is 87.9 Å². The molecule has 180 valence electrons. The van der Waals surface area contributed by atoms with Crippen molar-refractivity contribution >= 4 is 29.2 Å². The van der Waals surface area contributed by atoms with Crippen LogP contribution in [0.1, 0.15) is 59.8 Å². The highest BCUT2D eigenvalue weighted by molar-refractivity contribution is 6.32. The Morgan fingerprint density at radius 3 is 2.40 bits per heavy atom. The number of carboxylic acids is 1. The molecule has 2 aliphatic rings. The van der Waals surface area contributed by atoms with Gasteiger partial charge in [-0.25, -0.2) is 0 Å². The molecule has 6 nitrogen and oxygen atoms in total. The van der Waals surface area contributed by atoms with E-state index in [9.17, 15) is 14.7 Å². The summed E-state index contributed by atoms with van der Waals surface area (Å²) in [6.07, 6.45) is 0. The summed E-state index contributed by atoms with van der Waals surface area (Å²) in [5, 5.41) is 10.9. The zero-order chi connectivity index (χ0) is 24.9. The molecule has 2 atom stereocenters. The highest BCUT2D eigenvalue weighted by Crippen LogP contribution is 2.47. The van der Waals surface area contributed by atoms with Crippen LogP contribution in [0.15, 0.2) is 60.7 Å². The molecular weight excluding hydrogens is 466 g/mol. The van der Waals surface area contributed by atoms with Gasteiger partial charge in [-0.1, -0.05) is 62.7 Å². The first kappa shape index (κ1) is 23.2. The number of anilines is 1. The van der Waals surface area contributed by atoms with E-state index in [1.54, 1.807) is 53.4 Å². The molecule has 3 aromatic rings. The second-order valence-corrected chi connectivity index (χ2v) is 10.2. The van der Waals surface area contributed by atoms with E-state index < -0.39 is 17.9 Å². The number of rotatable bonds is 3. The van der Waals surface area contributed by atoms with Crippen molar-refractivity contribution < 1.29 is 24.2 Å². The molecule has 0 saturated heterocycles. The van der Waals surface area contributed by atoms with Gasteiger partial charge in [0.2, 0.25) is 0 Å². The summed E-state index contributed by atoms with van der Waals surface area (Å²) in [7, 11) is 0. The largest absolute Gasteiger partial charge is 0.486 e. The third-order valence-electron chi connectivity index (χ3n) is 6.55. The minimum absolute atomic E-state index is 0.188. The molecule has 0 saturated carbocycles. The summed E-state index contributed by atoms with van der Waals surface area (Å²) in [6, 6.07) is 16.9. The van der Waals surface area contributed by atoms with Crippen LogP contribution >= 0.6 is 11.6 Å². The lowest BCUT2D eigenvalue weighted by Gasteiger charge is -2.41. The first-order chi connectivity index (χ1) is 16.7. The summed E-state index contributed by atoms with van der Waals surface area (Å²) in [5.41, 5.74) is 2.78. The SMILES string of the molecule is CC(C)(C)c1ccc(N2C(=O)c3ccccc3[C@@H](C(=O)O)[C@@H]2c2ccc3c(c2)OCCO3)cc1Cl. The summed E-state index contributed by atoms with van der Waals surface area (Å²) in [4.78, 5) is 28.1. The van der Waals surface area contributed by atoms with Gasteiger partial charge in [0.25, 0.3) is 5.91 Å². The van der Waals surface area contributed by atoms with Gasteiger partial charge < -0.3 is 14.6 Å². The van der Waals surface area contributed by atoms with Crippen LogP contribution in [0, 0.1) is 0 Å². The molecular formula is C28H26ClNO5. The van der Waals surface area contributed by atoms with Crippen LogP contribution in [0.2, 0.25) is 5.02 Å². The molecule has 0 aliphatic carbocycles. The number of carbonyl (C=O) groups excluding carboxylic acids is 1. The van der Waals surface area contributed by atoms with Crippen LogP contribution in [0.3, 0.4) is 0 Å². The van der Waals surface area contributed by atoms with Crippen molar-refractivity contribution in [3.63, 3.8) is 0 Å². The zero-order valence-corrected chi connectivity index (χ0v) is 20.5. The highest BCUT2D eigenvalue weighted by atomic mass is 35.5. The monoisotopic (exact) mass is 491 g/mol. The Hall–Kier alpha value is -3.51. The number of halogens is 1. The average molecular weight is 492 g/mol. The fourth-order valence-electron chi connectivity index (χ4n) is 4.93. The van der Waals surface area contributed by atoms with Crippen LogP contribution in [-0.2, 0) is 10.2 Å². The predicted octanol–water partition coefficient (Wildman–Crippen LogP) is 5.98. The van der Waals surface area contributed by atoms with Crippen molar-refractivity contribution in [2.75, 3.05) is 18.1 Å². The molecule has 35 heavy (non-hydrogen) atoms. The lowest BCUT2D eigenvalue weighted by atomic mass is 9.79. The zero-order valence-electron chi connectivity index (χ0n) is 19.7. The van der Waals surface area contributed by atoms with Gasteiger partial charge in [0.05, 0.1) is 6.04 Å². The molecule has 2 heterocycles. The van der Waals surface area contributed by atoms with Crippen LogP contribution in [0.25, 0.3) is 0 Å². The number of amides is 1. The van der Waals surface area contributed by atoms with E-state index >= 15 is 0 Å². The van der Waals surface area contributed by atoms with E-state index in [4.69, 9.17) is 21.1 Å². The number of ether oxygens (including phenoxy) is 2. The lowest BCUT2D eigenvalue weighted by molar-refractivity contribution is -0.139. The average Bonchev–Trinajstić information content (AvgIpc) is 2.82. The summed E-state index contributed by atoms with van der Waals surface area (Å²) in [5.74, 6) is -1.17. The number of hydrogen-bond acceptors (Lipinski definition) is 4. The fourth-order valence-corrected chi connectivity index (χ4v) is 5.39. The highest BCUT2D eigenvalue weighted by Gasteiger charge is 2.45. The topological polar surface area (TPSA) is 76.1 Å². The van der Waals surface area contributed by atoms with Crippen molar-refractivity contribution in [1.82, 2.24) is 0 Å². The van der Waals surface area contributed by atoms with E-state index in [0.29, 0.717) is 52.1 Å². The lowest BCUT2D eigenvalue weighted by Crippen LogP contribution is -2.45. The Labute approximate surface area is 209 Å². The smallest absolute Gasteiger partial charge is 0.313 e. The third-order valence-corrected chi connectivity index (χ3v) is 6.86. The summed E-state index contributed by atoms with van der Waals surface area (Å²) < 4.78 is 11.4. The molecule has 0 unspecified atom stereocenters. The first-order valence-electron chi connectivity index (χ1n) is 11.5. The van der Waals surface area contributed by atoms with Crippen LogP contribution < -0.4 is 14.4 Å². The van der Waals surface area contributed by atoms with E-state index in [1.165, 1.54) is 0 Å². The van der Waals surface area contributed by atoms with Crippen molar-refractivity contribution in [2.24, 2.45) is 0 Å². The predicted molar refractivity (Wildman–Crippen MR) is 134 cm³/mol. The Morgan fingerprint density at radius 2 is 1.71 bits per heavy atom. The van der Waals surface area contributed by atoms with Gasteiger partial charge in [0.1, 0.15) is 19.1 Å². The summed E-state index contributed by atoms with van der Waals surface area (Å²) in [6.45, 7) is 7.04. The Kier molecular flexibility index (Phi) is 5.72. The number of nitrogens with zero attached hydrogens (tertiary/aromatic N) is 1. The van der Waals surface area contributed by atoms with Gasteiger partial charge in [0, 0.05) is 16.3 Å². The van der Waals surface area contributed by atoms with Gasteiger partial charge in [-0.05, 0) is 52.4 Å². The molecule has 2 aliphatic heterocycles. The fraction of sp³-hybridized carbons (Fsp3) is 0.286. The molecule has 0 spiro atoms. The first-order valence-corrected chi connectivity index (χ1v) is 11.9. The van der Waals surface area contributed by atoms with Gasteiger partial charge >= 0.3 is 5.97 Å². The number of fused-ring (bicyclic) bond motifs is 2. The van der Waals surface area contributed by atoms with Crippen LogP contribution in [-0.4, -0.2) is 30.2 Å². The Morgan fingerprint density at radius 1 is 1.00 bits per heavy atom. The molecule has 0 aromatic heterocycles. The number of benzene rings is 3. The standard InChI is InChI=1S/C28H26ClNO5/c1-28(2,3)20-10-9-17(15-21(20)29)30-25(16-8-11-22-23(14-16)35-13-12-34-22)24(27(32)33)18-6-4-5-7-19(18)26(30)31/h4-11,14-15,24-25H,12-13H2,1-3H3,(H,32,33)/t24-,25+/m1/s1. The molecule has 1 amide bonds. The number of aliphatic carboxylic acids is 1. The third kappa shape index (κ3) is 4.02. The maximum atomic E-state index is 13.9. The summed E-state index contributed by atoms with van der Waals surface area (Å²) >= 11 is 6.68. The Bertz CT molecular complexity index is 1330. The molecule has 0 radical (unpaired) electrons. The molecule has 0 fully saturated rings. The minimum atomic E-state index is -1.02. The maximum Gasteiger partial charge on any atom is 0.313 e. The van der Waals surface area contributed by atoms with Gasteiger partial charge in [-0.2, -0.15) is 0 Å². The quantitative estimate of drug-likeness (QED) is 0.488. The van der Waals surface area contributed by atoms with Gasteiger partial charge in [-0.15, -0.1) is 0 Å². The molecule has 0 bridgehead atoms. The van der Waals surface area contributed by atoms with Crippen LogP contribution in [0.5, 0.6) is 11.5 Å². The Balaban J connectivity index is 1.72. The van der Waals surface area contributed by atoms with E-state index in [-0.39, 0.29) is 11.3 Å². The number of carboxylic acid groups (broad SMARTS) is 1. The van der Waals surface area contributed by atoms with Crippen molar-refractivity contribution in [3.8, 4) is 11.5 Å². The van der Waals surface area contributed by atoms with Gasteiger partial charge in [0.15, 0.2) is 11.5 Å². The molecule has 1 N–H and O–H groups in total. The van der Waals surface area contributed by atoms with E-state index in [2.05, 4.69) is 20.8 Å². The normalized spacial score (nSPS) is 19.3. The second kappa shape index (κ2) is 8.61. The van der Waals surface area contributed by atoms with Crippen molar-refractivity contribution in [1.29, 1.82) is 0 Å². The molecule has 3 aromatic carbocycles. The van der Waals surface area contributed by atoms with E-state index in [1.807, 2.05) is 12.1 Å². The minimum Gasteiger partial charge on any atom is -0.486 e. The number of carbonyl (C=O) groups is 2. The number of hydrogen-bond donors (Lipinski definition) is 1. The second-order valence-electron chi connectivity index (χ2n) is 9.84. The van der Waals surface area contributed by atoms with Crippen LogP contribution in [0.4, 0.5) is 5.69 Å². The molecule has 5 rings (SSSR count). The van der Waals surface area contributed by atoms with Crippen molar-refractivity contribution in [2.45, 2.75) is 38.1 Å². The van der Waals surface area contributed by atoms with Gasteiger partial charge in [-0.3, -0.25) is 14.5 Å². The maximum absolute atomic E-state index is 13.9.